The quantitative estimate of drug-likeness (QED) is 0.803. The average molecular weight is 211 g/mol. The Morgan fingerprint density at radius 2 is 2.13 bits per heavy atom. The molecule has 15 heavy (non-hydrogen) atoms. The van der Waals surface area contributed by atoms with E-state index in [-0.39, 0.29) is 11.7 Å². The lowest BCUT2D eigenvalue weighted by atomic mass is 10.0. The first-order valence-corrected chi connectivity index (χ1v) is 4.75. The summed E-state index contributed by atoms with van der Waals surface area (Å²) in [4.78, 5) is 10.9. The van der Waals surface area contributed by atoms with Crippen molar-refractivity contribution in [1.82, 2.24) is 0 Å². The van der Waals surface area contributed by atoms with Gasteiger partial charge in [-0.05, 0) is 24.1 Å². The van der Waals surface area contributed by atoms with Gasteiger partial charge in [0, 0.05) is 5.69 Å². The summed E-state index contributed by atoms with van der Waals surface area (Å²) in [7, 11) is 0. The average Bonchev–Trinajstić information content (AvgIpc) is 2.13. The molecule has 1 aromatic rings. The van der Waals surface area contributed by atoms with E-state index in [1.54, 1.807) is 19.9 Å². The number of carboxylic acid groups (broad SMARTS) is 1. The van der Waals surface area contributed by atoms with E-state index in [0.717, 1.165) is 0 Å². The minimum absolute atomic E-state index is 0.0641. The molecular weight excluding hydrogens is 197 g/mol. The molecule has 3 nitrogen and oxygen atoms in total. The van der Waals surface area contributed by atoms with Crippen LogP contribution in [-0.2, 0) is 4.79 Å². The van der Waals surface area contributed by atoms with Crippen LogP contribution in [0.25, 0.3) is 0 Å². The standard InChI is InChI=1S/C11H14FNO2/c1-7(2)10(11(14)15)13-9-5-3-4-8(12)6-9/h3-7,10,13H,1-2H3,(H,14,15). The number of anilines is 1. The molecule has 0 aromatic heterocycles. The highest BCUT2D eigenvalue weighted by Gasteiger charge is 2.20. The van der Waals surface area contributed by atoms with Crippen LogP contribution in [0.3, 0.4) is 0 Å². The minimum Gasteiger partial charge on any atom is -0.480 e. The summed E-state index contributed by atoms with van der Waals surface area (Å²) < 4.78 is 12.8. The smallest absolute Gasteiger partial charge is 0.326 e. The summed E-state index contributed by atoms with van der Waals surface area (Å²) in [5.74, 6) is -1.38. The third kappa shape index (κ3) is 3.23. The first kappa shape index (κ1) is 11.5. The van der Waals surface area contributed by atoms with Gasteiger partial charge in [-0.15, -0.1) is 0 Å². The van der Waals surface area contributed by atoms with E-state index in [9.17, 15) is 9.18 Å². The lowest BCUT2D eigenvalue weighted by Gasteiger charge is -2.18. The van der Waals surface area contributed by atoms with Gasteiger partial charge in [-0.2, -0.15) is 0 Å². The number of carboxylic acids is 1. The molecular formula is C11H14FNO2. The summed E-state index contributed by atoms with van der Waals surface area (Å²) >= 11 is 0. The third-order valence-electron chi connectivity index (χ3n) is 2.08. The van der Waals surface area contributed by atoms with Gasteiger partial charge < -0.3 is 10.4 Å². The number of rotatable bonds is 4. The second-order valence-electron chi connectivity index (χ2n) is 3.71. The van der Waals surface area contributed by atoms with Gasteiger partial charge in [-0.1, -0.05) is 19.9 Å². The Morgan fingerprint density at radius 3 is 2.60 bits per heavy atom. The largest absolute Gasteiger partial charge is 0.480 e. The van der Waals surface area contributed by atoms with E-state index in [1.807, 2.05) is 0 Å². The first-order chi connectivity index (χ1) is 7.00. The fourth-order valence-electron chi connectivity index (χ4n) is 1.27. The molecule has 0 aliphatic carbocycles. The highest BCUT2D eigenvalue weighted by molar-refractivity contribution is 5.77. The molecule has 1 aromatic carbocycles. The monoisotopic (exact) mass is 211 g/mol. The zero-order valence-electron chi connectivity index (χ0n) is 8.70. The summed E-state index contributed by atoms with van der Waals surface area (Å²) in [6.45, 7) is 3.59. The van der Waals surface area contributed by atoms with Gasteiger partial charge in [-0.25, -0.2) is 9.18 Å². The van der Waals surface area contributed by atoms with Gasteiger partial charge in [0.05, 0.1) is 0 Å². The molecule has 0 spiro atoms. The van der Waals surface area contributed by atoms with Crippen LogP contribution in [0, 0.1) is 11.7 Å². The van der Waals surface area contributed by atoms with Crippen molar-refractivity contribution < 1.29 is 14.3 Å². The van der Waals surface area contributed by atoms with Crippen LogP contribution in [-0.4, -0.2) is 17.1 Å². The van der Waals surface area contributed by atoms with Crippen molar-refractivity contribution in [2.24, 2.45) is 5.92 Å². The van der Waals surface area contributed by atoms with Crippen LogP contribution in [0.1, 0.15) is 13.8 Å². The second kappa shape index (κ2) is 4.77. The number of carbonyl (C=O) groups is 1. The molecule has 0 amide bonds. The molecule has 0 aliphatic rings. The Bertz CT molecular complexity index is 352. The molecule has 1 unspecified atom stereocenters. The Balaban J connectivity index is 2.79. The van der Waals surface area contributed by atoms with Gasteiger partial charge in [0.1, 0.15) is 11.9 Å². The van der Waals surface area contributed by atoms with Gasteiger partial charge in [0.15, 0.2) is 0 Å². The van der Waals surface area contributed by atoms with E-state index in [4.69, 9.17) is 5.11 Å². The molecule has 1 rings (SSSR count). The SMILES string of the molecule is CC(C)C(Nc1cccc(F)c1)C(=O)O. The van der Waals surface area contributed by atoms with Gasteiger partial charge in [0.25, 0.3) is 0 Å². The normalized spacial score (nSPS) is 12.5. The number of hydrogen-bond donors (Lipinski definition) is 2. The van der Waals surface area contributed by atoms with Crippen LogP contribution in [0.4, 0.5) is 10.1 Å². The molecule has 0 radical (unpaired) electrons. The number of halogens is 1. The van der Waals surface area contributed by atoms with Crippen molar-refractivity contribution in [2.75, 3.05) is 5.32 Å². The Kier molecular flexibility index (Phi) is 3.66. The number of benzene rings is 1. The predicted molar refractivity (Wildman–Crippen MR) is 56.3 cm³/mol. The van der Waals surface area contributed by atoms with Crippen LogP contribution in [0.5, 0.6) is 0 Å². The van der Waals surface area contributed by atoms with E-state index < -0.39 is 12.0 Å². The molecule has 4 heteroatoms. The third-order valence-corrected chi connectivity index (χ3v) is 2.08. The number of hydrogen-bond acceptors (Lipinski definition) is 2. The van der Waals surface area contributed by atoms with Crippen molar-refractivity contribution in [3.8, 4) is 0 Å². The Morgan fingerprint density at radius 1 is 1.47 bits per heavy atom. The predicted octanol–water partition coefficient (Wildman–Crippen LogP) is 2.35. The molecule has 0 fully saturated rings. The van der Waals surface area contributed by atoms with E-state index >= 15 is 0 Å². The van der Waals surface area contributed by atoms with Crippen molar-refractivity contribution in [1.29, 1.82) is 0 Å². The lowest BCUT2D eigenvalue weighted by Crippen LogP contribution is -2.34. The topological polar surface area (TPSA) is 49.3 Å². The minimum atomic E-state index is -0.936. The highest BCUT2D eigenvalue weighted by Crippen LogP contribution is 2.14. The fourth-order valence-corrected chi connectivity index (χ4v) is 1.27. The molecule has 0 saturated heterocycles. The zero-order valence-corrected chi connectivity index (χ0v) is 8.70. The molecule has 0 heterocycles. The number of nitrogens with one attached hydrogen (secondary N) is 1. The molecule has 0 aliphatic heterocycles. The van der Waals surface area contributed by atoms with Crippen molar-refractivity contribution in [3.63, 3.8) is 0 Å². The summed E-state index contributed by atoms with van der Waals surface area (Å²) in [6.07, 6.45) is 0. The maximum atomic E-state index is 12.8. The Hall–Kier alpha value is -1.58. The first-order valence-electron chi connectivity index (χ1n) is 4.75. The molecule has 0 bridgehead atoms. The second-order valence-corrected chi connectivity index (χ2v) is 3.71. The van der Waals surface area contributed by atoms with Gasteiger partial charge in [0.2, 0.25) is 0 Å². The maximum Gasteiger partial charge on any atom is 0.326 e. The fraction of sp³-hybridized carbons (Fsp3) is 0.364. The van der Waals surface area contributed by atoms with Crippen LogP contribution >= 0.6 is 0 Å². The summed E-state index contributed by atoms with van der Waals surface area (Å²) in [6, 6.07) is 5.07. The molecule has 0 saturated carbocycles. The van der Waals surface area contributed by atoms with E-state index in [1.165, 1.54) is 18.2 Å². The number of aliphatic carboxylic acids is 1. The van der Waals surface area contributed by atoms with Crippen LogP contribution in [0.2, 0.25) is 0 Å². The van der Waals surface area contributed by atoms with Crippen molar-refractivity contribution >= 4 is 11.7 Å². The Labute approximate surface area is 87.9 Å². The van der Waals surface area contributed by atoms with Gasteiger partial charge >= 0.3 is 5.97 Å². The van der Waals surface area contributed by atoms with E-state index in [2.05, 4.69) is 5.32 Å². The lowest BCUT2D eigenvalue weighted by molar-refractivity contribution is -0.138. The highest BCUT2D eigenvalue weighted by atomic mass is 19.1. The maximum absolute atomic E-state index is 12.8. The summed E-state index contributed by atoms with van der Waals surface area (Å²) in [5.41, 5.74) is 0.483. The van der Waals surface area contributed by atoms with E-state index in [0.29, 0.717) is 5.69 Å². The molecule has 2 N–H and O–H groups in total. The van der Waals surface area contributed by atoms with Crippen LogP contribution in [0.15, 0.2) is 24.3 Å². The summed E-state index contributed by atoms with van der Waals surface area (Å²) in [5, 5.41) is 11.7. The van der Waals surface area contributed by atoms with Gasteiger partial charge in [-0.3, -0.25) is 0 Å². The zero-order chi connectivity index (χ0) is 11.4. The molecule has 1 atom stereocenters. The van der Waals surface area contributed by atoms with Crippen molar-refractivity contribution in [3.05, 3.63) is 30.1 Å². The van der Waals surface area contributed by atoms with Crippen LogP contribution < -0.4 is 5.32 Å². The van der Waals surface area contributed by atoms with Crippen molar-refractivity contribution in [2.45, 2.75) is 19.9 Å². The molecule has 82 valence electrons.